The minimum absolute atomic E-state index is 0.220. The van der Waals surface area contributed by atoms with E-state index in [2.05, 4.69) is 11.0 Å². The van der Waals surface area contributed by atoms with E-state index < -0.39 is 0 Å². The molecule has 0 radical (unpaired) electrons. The second kappa shape index (κ2) is 6.22. The van der Waals surface area contributed by atoms with Gasteiger partial charge in [0.05, 0.1) is 23.7 Å². The number of pyridine rings is 1. The Labute approximate surface area is 124 Å². The predicted molar refractivity (Wildman–Crippen MR) is 82.0 cm³/mol. The minimum atomic E-state index is -0.220. The van der Waals surface area contributed by atoms with Gasteiger partial charge >= 0.3 is 0 Å². The van der Waals surface area contributed by atoms with Crippen molar-refractivity contribution in [2.45, 2.75) is 12.8 Å². The van der Waals surface area contributed by atoms with Crippen molar-refractivity contribution in [2.24, 2.45) is 0 Å². The second-order valence-electron chi connectivity index (χ2n) is 5.25. The molecule has 0 amide bonds. The lowest BCUT2D eigenvalue weighted by molar-refractivity contribution is 0.205. The first kappa shape index (κ1) is 14.0. The number of anilines is 1. The largest absolute Gasteiger partial charge is 0.383 e. The molecule has 0 fully saturated rings. The highest BCUT2D eigenvalue weighted by Crippen LogP contribution is 2.28. The molecule has 0 unspecified atom stereocenters. The van der Waals surface area contributed by atoms with Crippen LogP contribution >= 0.6 is 0 Å². The van der Waals surface area contributed by atoms with Gasteiger partial charge in [-0.05, 0) is 49.2 Å². The van der Waals surface area contributed by atoms with Gasteiger partial charge in [0.15, 0.2) is 0 Å². The van der Waals surface area contributed by atoms with Gasteiger partial charge < -0.3 is 9.64 Å². The lowest BCUT2D eigenvalue weighted by Crippen LogP contribution is -2.32. The fourth-order valence-corrected chi connectivity index (χ4v) is 2.74. The van der Waals surface area contributed by atoms with Crippen LogP contribution in [0.4, 0.5) is 10.1 Å². The summed E-state index contributed by atoms with van der Waals surface area (Å²) in [6, 6.07) is 10.6. The first-order chi connectivity index (χ1) is 10.3. The van der Waals surface area contributed by atoms with Crippen LogP contribution in [-0.2, 0) is 11.2 Å². The topological polar surface area (TPSA) is 25.4 Å². The Kier molecular flexibility index (Phi) is 4.15. The standard InChI is InChI=1S/C17H19FN2O/c1-21-12-11-20-10-2-3-16-17(20)9-8-15(19-16)13-4-6-14(18)7-5-13/h4-9H,2-3,10-12H2,1H3. The fraction of sp³-hybridized carbons (Fsp3) is 0.353. The van der Waals surface area contributed by atoms with Crippen molar-refractivity contribution >= 4 is 5.69 Å². The minimum Gasteiger partial charge on any atom is -0.383 e. The van der Waals surface area contributed by atoms with Gasteiger partial charge in [-0.25, -0.2) is 4.39 Å². The number of aromatic nitrogens is 1. The Bertz CT molecular complexity index is 613. The van der Waals surface area contributed by atoms with Crippen molar-refractivity contribution in [3.8, 4) is 11.3 Å². The molecule has 0 spiro atoms. The molecule has 0 saturated carbocycles. The molecule has 1 aromatic heterocycles. The lowest BCUT2D eigenvalue weighted by Gasteiger charge is -2.30. The maximum Gasteiger partial charge on any atom is 0.123 e. The molecule has 2 aromatic rings. The smallest absolute Gasteiger partial charge is 0.123 e. The van der Waals surface area contributed by atoms with Gasteiger partial charge in [-0.15, -0.1) is 0 Å². The summed E-state index contributed by atoms with van der Waals surface area (Å²) in [5.41, 5.74) is 4.18. The van der Waals surface area contributed by atoms with Crippen molar-refractivity contribution in [3.63, 3.8) is 0 Å². The molecule has 1 aromatic carbocycles. The van der Waals surface area contributed by atoms with Crippen molar-refractivity contribution < 1.29 is 9.13 Å². The molecule has 0 N–H and O–H groups in total. The first-order valence-electron chi connectivity index (χ1n) is 7.27. The normalized spacial score (nSPS) is 14.1. The molecule has 2 heterocycles. The number of nitrogens with zero attached hydrogens (tertiary/aromatic N) is 2. The molecule has 0 atom stereocenters. The molecule has 0 saturated heterocycles. The van der Waals surface area contributed by atoms with Crippen LogP contribution in [0.5, 0.6) is 0 Å². The zero-order chi connectivity index (χ0) is 14.7. The van der Waals surface area contributed by atoms with E-state index in [0.717, 1.165) is 49.5 Å². The molecular formula is C17H19FN2O. The van der Waals surface area contributed by atoms with Gasteiger partial charge in [-0.3, -0.25) is 4.98 Å². The predicted octanol–water partition coefficient (Wildman–Crippen LogP) is 3.29. The summed E-state index contributed by atoms with van der Waals surface area (Å²) in [6.45, 7) is 2.66. The van der Waals surface area contributed by atoms with E-state index in [1.807, 2.05) is 6.07 Å². The van der Waals surface area contributed by atoms with Gasteiger partial charge in [0.2, 0.25) is 0 Å². The van der Waals surface area contributed by atoms with E-state index in [1.54, 1.807) is 19.2 Å². The summed E-state index contributed by atoms with van der Waals surface area (Å²) in [7, 11) is 1.72. The van der Waals surface area contributed by atoms with E-state index in [1.165, 1.54) is 17.8 Å². The van der Waals surface area contributed by atoms with Crippen LogP contribution < -0.4 is 4.90 Å². The third-order valence-electron chi connectivity index (χ3n) is 3.84. The van der Waals surface area contributed by atoms with Crippen LogP contribution in [0, 0.1) is 5.82 Å². The summed E-state index contributed by atoms with van der Waals surface area (Å²) in [6.07, 6.45) is 2.10. The number of halogens is 1. The number of benzene rings is 1. The van der Waals surface area contributed by atoms with Gasteiger partial charge in [0.25, 0.3) is 0 Å². The summed E-state index contributed by atoms with van der Waals surface area (Å²) < 4.78 is 18.2. The number of fused-ring (bicyclic) bond motifs is 1. The van der Waals surface area contributed by atoms with Crippen molar-refractivity contribution in [3.05, 3.63) is 47.9 Å². The van der Waals surface area contributed by atoms with Crippen molar-refractivity contribution in [2.75, 3.05) is 31.7 Å². The Morgan fingerprint density at radius 2 is 2.00 bits per heavy atom. The van der Waals surface area contributed by atoms with Crippen LogP contribution in [0.3, 0.4) is 0 Å². The summed E-state index contributed by atoms with van der Waals surface area (Å²) >= 11 is 0. The molecule has 21 heavy (non-hydrogen) atoms. The average molecular weight is 286 g/mol. The SMILES string of the molecule is COCCN1CCCc2nc(-c3ccc(F)cc3)ccc21. The van der Waals surface area contributed by atoms with E-state index in [4.69, 9.17) is 9.72 Å². The van der Waals surface area contributed by atoms with Gasteiger partial charge in [0, 0.05) is 25.8 Å². The van der Waals surface area contributed by atoms with E-state index >= 15 is 0 Å². The third-order valence-corrected chi connectivity index (χ3v) is 3.84. The summed E-state index contributed by atoms with van der Waals surface area (Å²) in [5, 5.41) is 0. The zero-order valence-electron chi connectivity index (χ0n) is 12.2. The van der Waals surface area contributed by atoms with Crippen LogP contribution in [0.1, 0.15) is 12.1 Å². The molecule has 0 aliphatic carbocycles. The number of hydrogen-bond donors (Lipinski definition) is 0. The first-order valence-corrected chi connectivity index (χ1v) is 7.27. The number of aryl methyl sites for hydroxylation is 1. The Hall–Kier alpha value is -1.94. The molecular weight excluding hydrogens is 267 g/mol. The van der Waals surface area contributed by atoms with Crippen LogP contribution in [0.25, 0.3) is 11.3 Å². The number of hydrogen-bond acceptors (Lipinski definition) is 3. The Morgan fingerprint density at radius 3 is 2.76 bits per heavy atom. The molecule has 3 nitrogen and oxygen atoms in total. The fourth-order valence-electron chi connectivity index (χ4n) is 2.74. The third kappa shape index (κ3) is 3.05. The molecule has 110 valence electrons. The summed E-state index contributed by atoms with van der Waals surface area (Å²) in [5.74, 6) is -0.220. The number of ether oxygens (including phenoxy) is 1. The van der Waals surface area contributed by atoms with E-state index in [0.29, 0.717) is 0 Å². The highest BCUT2D eigenvalue weighted by Gasteiger charge is 2.18. The van der Waals surface area contributed by atoms with Crippen molar-refractivity contribution in [1.82, 2.24) is 4.98 Å². The molecule has 1 aliphatic heterocycles. The lowest BCUT2D eigenvalue weighted by atomic mass is 10.0. The van der Waals surface area contributed by atoms with Crippen LogP contribution in [-0.4, -0.2) is 31.8 Å². The number of methoxy groups -OCH3 is 1. The second-order valence-corrected chi connectivity index (χ2v) is 5.25. The van der Waals surface area contributed by atoms with Crippen LogP contribution in [0.2, 0.25) is 0 Å². The molecule has 1 aliphatic rings. The van der Waals surface area contributed by atoms with Crippen LogP contribution in [0.15, 0.2) is 36.4 Å². The van der Waals surface area contributed by atoms with Gasteiger partial charge in [-0.1, -0.05) is 0 Å². The van der Waals surface area contributed by atoms with E-state index in [-0.39, 0.29) is 5.82 Å². The average Bonchev–Trinajstić information content (AvgIpc) is 2.53. The molecule has 0 bridgehead atoms. The monoisotopic (exact) mass is 286 g/mol. The number of rotatable bonds is 4. The molecule has 3 rings (SSSR count). The summed E-state index contributed by atoms with van der Waals surface area (Å²) in [4.78, 5) is 7.09. The highest BCUT2D eigenvalue weighted by atomic mass is 19.1. The Balaban J connectivity index is 1.88. The van der Waals surface area contributed by atoms with Gasteiger partial charge in [0.1, 0.15) is 5.82 Å². The van der Waals surface area contributed by atoms with E-state index in [9.17, 15) is 4.39 Å². The highest BCUT2D eigenvalue weighted by molar-refractivity contribution is 5.64. The molecule has 4 heteroatoms. The maximum atomic E-state index is 13.0. The zero-order valence-corrected chi connectivity index (χ0v) is 12.2. The maximum absolute atomic E-state index is 13.0. The Morgan fingerprint density at radius 1 is 1.19 bits per heavy atom. The van der Waals surface area contributed by atoms with Gasteiger partial charge in [-0.2, -0.15) is 0 Å². The van der Waals surface area contributed by atoms with Crippen molar-refractivity contribution in [1.29, 1.82) is 0 Å². The quantitative estimate of drug-likeness (QED) is 0.862.